The highest BCUT2D eigenvalue weighted by atomic mass is 19.1. The first-order valence-electron chi connectivity index (χ1n) is 5.88. The molecule has 19 heavy (non-hydrogen) atoms. The van der Waals surface area contributed by atoms with Crippen molar-refractivity contribution in [2.75, 3.05) is 7.05 Å². The number of rotatable bonds is 3. The second-order valence-electron chi connectivity index (χ2n) is 4.12. The number of benzene rings is 2. The Balaban J connectivity index is 2.41. The maximum absolute atomic E-state index is 12.9. The Bertz CT molecular complexity index is 581. The summed E-state index contributed by atoms with van der Waals surface area (Å²) in [5.74, 6) is -0.632. The van der Waals surface area contributed by atoms with Crippen LogP contribution < -0.4 is 5.32 Å². The molecular weight excluding hydrogens is 245 g/mol. The molecule has 0 heterocycles. The summed E-state index contributed by atoms with van der Waals surface area (Å²) in [7, 11) is 1.53. The lowest BCUT2D eigenvalue weighted by Crippen LogP contribution is -2.20. The smallest absolute Gasteiger partial charge is 0.251 e. The Labute approximate surface area is 110 Å². The summed E-state index contributed by atoms with van der Waals surface area (Å²) in [6.45, 7) is 0. The third-order valence-electron chi connectivity index (χ3n) is 2.91. The average Bonchev–Trinajstić information content (AvgIpc) is 2.46. The van der Waals surface area contributed by atoms with E-state index in [1.807, 2.05) is 0 Å². The normalized spacial score (nSPS) is 11.9. The largest absolute Gasteiger partial charge is 0.384 e. The Hall–Kier alpha value is -2.20. The molecule has 1 amide bonds. The number of halogens is 1. The van der Waals surface area contributed by atoms with E-state index >= 15 is 0 Å². The van der Waals surface area contributed by atoms with Crippen LogP contribution in [-0.4, -0.2) is 18.1 Å². The van der Waals surface area contributed by atoms with Gasteiger partial charge in [-0.25, -0.2) is 4.39 Å². The molecule has 2 rings (SSSR count). The predicted molar refractivity (Wildman–Crippen MR) is 70.3 cm³/mol. The zero-order valence-corrected chi connectivity index (χ0v) is 10.4. The SMILES string of the molecule is CNC(=O)c1ccccc1C(O)c1ccc(F)cc1. The van der Waals surface area contributed by atoms with Crippen LogP contribution >= 0.6 is 0 Å². The van der Waals surface area contributed by atoms with E-state index in [1.54, 1.807) is 24.3 Å². The highest BCUT2D eigenvalue weighted by Gasteiger charge is 2.17. The molecule has 0 aliphatic heterocycles. The second-order valence-corrected chi connectivity index (χ2v) is 4.12. The van der Waals surface area contributed by atoms with Gasteiger partial charge in [-0.15, -0.1) is 0 Å². The maximum atomic E-state index is 12.9. The molecule has 0 spiro atoms. The predicted octanol–water partition coefficient (Wildman–Crippen LogP) is 2.27. The number of carbonyl (C=O) groups excluding carboxylic acids is 1. The number of nitrogens with one attached hydrogen (secondary N) is 1. The van der Waals surface area contributed by atoms with Gasteiger partial charge in [0.05, 0.1) is 0 Å². The molecule has 0 fully saturated rings. The van der Waals surface area contributed by atoms with Gasteiger partial charge in [0, 0.05) is 12.6 Å². The van der Waals surface area contributed by atoms with Gasteiger partial charge in [0.25, 0.3) is 5.91 Å². The Morgan fingerprint density at radius 1 is 1.16 bits per heavy atom. The van der Waals surface area contributed by atoms with Crippen LogP contribution in [0.1, 0.15) is 27.6 Å². The van der Waals surface area contributed by atoms with Crippen LogP contribution in [0.2, 0.25) is 0 Å². The molecule has 0 aromatic heterocycles. The molecule has 1 unspecified atom stereocenters. The summed E-state index contributed by atoms with van der Waals surface area (Å²) in [5, 5.41) is 12.8. The number of carbonyl (C=O) groups is 1. The minimum atomic E-state index is -0.964. The summed E-state index contributed by atoms with van der Waals surface area (Å²) in [6, 6.07) is 12.4. The third kappa shape index (κ3) is 2.80. The molecule has 0 saturated heterocycles. The minimum absolute atomic E-state index is 0.267. The van der Waals surface area contributed by atoms with E-state index in [0.29, 0.717) is 16.7 Å². The van der Waals surface area contributed by atoms with Gasteiger partial charge in [0.2, 0.25) is 0 Å². The molecule has 0 aliphatic carbocycles. The Morgan fingerprint density at radius 3 is 2.42 bits per heavy atom. The molecule has 4 heteroatoms. The fourth-order valence-corrected chi connectivity index (χ4v) is 1.90. The van der Waals surface area contributed by atoms with Crippen molar-refractivity contribution in [3.8, 4) is 0 Å². The van der Waals surface area contributed by atoms with Gasteiger partial charge >= 0.3 is 0 Å². The van der Waals surface area contributed by atoms with Gasteiger partial charge in [-0.1, -0.05) is 30.3 Å². The molecule has 2 aromatic rings. The fourth-order valence-electron chi connectivity index (χ4n) is 1.90. The molecule has 3 nitrogen and oxygen atoms in total. The van der Waals surface area contributed by atoms with Gasteiger partial charge in [0.15, 0.2) is 0 Å². The van der Waals surface area contributed by atoms with Gasteiger partial charge < -0.3 is 10.4 Å². The number of hydrogen-bond donors (Lipinski definition) is 2. The monoisotopic (exact) mass is 259 g/mol. The highest BCUT2D eigenvalue weighted by Crippen LogP contribution is 2.25. The van der Waals surface area contributed by atoms with Gasteiger partial charge in [-0.05, 0) is 29.3 Å². The quantitative estimate of drug-likeness (QED) is 0.888. The van der Waals surface area contributed by atoms with Crippen molar-refractivity contribution in [3.05, 3.63) is 71.0 Å². The molecule has 98 valence electrons. The van der Waals surface area contributed by atoms with E-state index < -0.39 is 6.10 Å². The first-order valence-corrected chi connectivity index (χ1v) is 5.88. The second kappa shape index (κ2) is 5.63. The van der Waals surface area contributed by atoms with Crippen molar-refractivity contribution in [2.45, 2.75) is 6.10 Å². The van der Waals surface area contributed by atoms with Crippen molar-refractivity contribution < 1.29 is 14.3 Å². The van der Waals surface area contributed by atoms with Crippen LogP contribution in [-0.2, 0) is 0 Å². The van der Waals surface area contributed by atoms with E-state index in [9.17, 15) is 14.3 Å². The van der Waals surface area contributed by atoms with Crippen molar-refractivity contribution in [1.82, 2.24) is 5.32 Å². The minimum Gasteiger partial charge on any atom is -0.384 e. The summed E-state index contributed by atoms with van der Waals surface area (Å²) in [4.78, 5) is 11.7. The summed E-state index contributed by atoms with van der Waals surface area (Å²) in [5.41, 5.74) is 1.44. The topological polar surface area (TPSA) is 49.3 Å². The molecule has 0 aliphatic rings. The zero-order valence-electron chi connectivity index (χ0n) is 10.4. The average molecular weight is 259 g/mol. The lowest BCUT2D eigenvalue weighted by molar-refractivity contribution is 0.0958. The first kappa shape index (κ1) is 13.2. The van der Waals surface area contributed by atoms with Crippen LogP contribution in [0.3, 0.4) is 0 Å². The zero-order chi connectivity index (χ0) is 13.8. The molecule has 1 atom stereocenters. The molecule has 2 N–H and O–H groups in total. The molecular formula is C15H14FNO2. The van der Waals surface area contributed by atoms with Crippen molar-refractivity contribution >= 4 is 5.91 Å². The first-order chi connectivity index (χ1) is 9.13. The van der Waals surface area contributed by atoms with E-state index in [1.165, 1.54) is 31.3 Å². The summed E-state index contributed by atoms with van der Waals surface area (Å²) < 4.78 is 12.9. The molecule has 0 saturated carbocycles. The van der Waals surface area contributed by atoms with Gasteiger partial charge in [-0.3, -0.25) is 4.79 Å². The Kier molecular flexibility index (Phi) is 3.92. The van der Waals surface area contributed by atoms with Crippen LogP contribution in [0.5, 0.6) is 0 Å². The number of amides is 1. The van der Waals surface area contributed by atoms with Gasteiger partial charge in [-0.2, -0.15) is 0 Å². The number of aliphatic hydroxyl groups excluding tert-OH is 1. The summed E-state index contributed by atoms with van der Waals surface area (Å²) >= 11 is 0. The fraction of sp³-hybridized carbons (Fsp3) is 0.133. The maximum Gasteiger partial charge on any atom is 0.251 e. The van der Waals surface area contributed by atoms with Gasteiger partial charge in [0.1, 0.15) is 11.9 Å². The lowest BCUT2D eigenvalue weighted by Gasteiger charge is -2.15. The van der Waals surface area contributed by atoms with E-state index in [0.717, 1.165) is 0 Å². The van der Waals surface area contributed by atoms with Crippen molar-refractivity contribution in [1.29, 1.82) is 0 Å². The van der Waals surface area contributed by atoms with Crippen LogP contribution in [0.15, 0.2) is 48.5 Å². The van der Waals surface area contributed by atoms with Crippen molar-refractivity contribution in [2.24, 2.45) is 0 Å². The molecule has 0 bridgehead atoms. The van der Waals surface area contributed by atoms with E-state index in [-0.39, 0.29) is 11.7 Å². The van der Waals surface area contributed by atoms with E-state index in [4.69, 9.17) is 0 Å². The number of aliphatic hydroxyl groups is 1. The standard InChI is InChI=1S/C15H14FNO2/c1-17-15(19)13-5-3-2-4-12(13)14(18)10-6-8-11(16)9-7-10/h2-9,14,18H,1H3,(H,17,19). The molecule has 0 radical (unpaired) electrons. The summed E-state index contributed by atoms with van der Waals surface area (Å²) in [6.07, 6.45) is -0.964. The third-order valence-corrected chi connectivity index (χ3v) is 2.91. The van der Waals surface area contributed by atoms with Crippen LogP contribution in [0.4, 0.5) is 4.39 Å². The lowest BCUT2D eigenvalue weighted by atomic mass is 9.96. The van der Waals surface area contributed by atoms with Crippen molar-refractivity contribution in [3.63, 3.8) is 0 Å². The van der Waals surface area contributed by atoms with E-state index in [2.05, 4.69) is 5.32 Å². The van der Waals surface area contributed by atoms with Crippen LogP contribution in [0, 0.1) is 5.82 Å². The highest BCUT2D eigenvalue weighted by molar-refractivity contribution is 5.95. The van der Waals surface area contributed by atoms with Crippen LogP contribution in [0.25, 0.3) is 0 Å². The molecule has 2 aromatic carbocycles. The number of hydrogen-bond acceptors (Lipinski definition) is 2. The Morgan fingerprint density at radius 2 is 1.79 bits per heavy atom.